The lowest BCUT2D eigenvalue weighted by atomic mass is 9.74. The van der Waals surface area contributed by atoms with E-state index in [1.54, 1.807) is 48.5 Å². The highest BCUT2D eigenvalue weighted by Crippen LogP contribution is 2.60. The van der Waals surface area contributed by atoms with Crippen LogP contribution < -0.4 is 14.2 Å². The van der Waals surface area contributed by atoms with Gasteiger partial charge in [-0.15, -0.1) is 0 Å². The summed E-state index contributed by atoms with van der Waals surface area (Å²) in [6, 6.07) is 25.3. The molecule has 5 aromatic carbocycles. The van der Waals surface area contributed by atoms with Crippen LogP contribution in [0.25, 0.3) is 21.5 Å². The Morgan fingerprint density at radius 2 is 1.18 bits per heavy atom. The summed E-state index contributed by atoms with van der Waals surface area (Å²) >= 11 is 0. The average molecular weight is 517 g/mol. The Balaban J connectivity index is 1.64. The highest BCUT2D eigenvalue weighted by molar-refractivity contribution is 6.04. The smallest absolute Gasteiger partial charge is 0.340 e. The largest absolute Gasteiger partial charge is 0.456 e. The third-order valence-electron chi connectivity index (χ3n) is 7.17. The van der Waals surface area contributed by atoms with Gasteiger partial charge in [0.15, 0.2) is 5.60 Å². The molecule has 7 nitrogen and oxygen atoms in total. The van der Waals surface area contributed by atoms with Crippen LogP contribution in [0.15, 0.2) is 84.9 Å². The minimum absolute atomic E-state index is 0.386. The van der Waals surface area contributed by atoms with E-state index in [9.17, 15) is 14.4 Å². The van der Waals surface area contributed by atoms with Crippen LogP contribution in [-0.4, -0.2) is 17.9 Å². The van der Waals surface area contributed by atoms with Crippen molar-refractivity contribution >= 4 is 39.5 Å². The van der Waals surface area contributed by atoms with Crippen LogP contribution in [0.5, 0.6) is 23.0 Å². The van der Waals surface area contributed by atoms with Gasteiger partial charge in [0.1, 0.15) is 23.0 Å². The normalized spacial score (nSPS) is 14.3. The molecule has 7 rings (SSSR count). The van der Waals surface area contributed by atoms with Gasteiger partial charge in [-0.25, -0.2) is 4.79 Å². The first-order valence-electron chi connectivity index (χ1n) is 12.4. The van der Waals surface area contributed by atoms with Gasteiger partial charge in [0, 0.05) is 30.2 Å². The van der Waals surface area contributed by atoms with Gasteiger partial charge in [0.2, 0.25) is 0 Å². The molecule has 0 bridgehead atoms. The van der Waals surface area contributed by atoms with Gasteiger partial charge in [-0.2, -0.15) is 0 Å². The molecule has 2 aliphatic heterocycles. The molecule has 0 N–H and O–H groups in total. The maximum Gasteiger partial charge on any atom is 0.340 e. The summed E-state index contributed by atoms with van der Waals surface area (Å²) in [5.41, 5.74) is 0.948. The fourth-order valence-electron chi connectivity index (χ4n) is 5.83. The predicted molar refractivity (Wildman–Crippen MR) is 142 cm³/mol. The molecule has 5 aromatic rings. The van der Waals surface area contributed by atoms with Crippen LogP contribution in [-0.2, 0) is 19.9 Å². The van der Waals surface area contributed by atoms with E-state index in [1.807, 2.05) is 36.4 Å². The monoisotopic (exact) mass is 516 g/mol. The van der Waals surface area contributed by atoms with Gasteiger partial charge in [0.25, 0.3) is 0 Å². The van der Waals surface area contributed by atoms with Gasteiger partial charge < -0.3 is 18.9 Å². The van der Waals surface area contributed by atoms with Crippen LogP contribution >= 0.6 is 0 Å². The molecule has 0 radical (unpaired) electrons. The molecule has 39 heavy (non-hydrogen) atoms. The zero-order valence-corrected chi connectivity index (χ0v) is 20.9. The van der Waals surface area contributed by atoms with E-state index in [0.717, 1.165) is 0 Å². The quantitative estimate of drug-likeness (QED) is 0.198. The predicted octanol–water partition coefficient (Wildman–Crippen LogP) is 6.41. The lowest BCUT2D eigenvalue weighted by Gasteiger charge is -2.38. The van der Waals surface area contributed by atoms with Crippen LogP contribution in [0.4, 0.5) is 0 Å². The Labute approximate surface area is 222 Å². The summed E-state index contributed by atoms with van der Waals surface area (Å²) in [5.74, 6) is 0.430. The van der Waals surface area contributed by atoms with Gasteiger partial charge in [0.05, 0.1) is 16.7 Å². The van der Waals surface area contributed by atoms with Crippen molar-refractivity contribution in [2.24, 2.45) is 0 Å². The Morgan fingerprint density at radius 3 is 1.72 bits per heavy atom. The summed E-state index contributed by atoms with van der Waals surface area (Å²) in [5, 5.41) is 2.74. The highest BCUT2D eigenvalue weighted by atomic mass is 16.6. The van der Waals surface area contributed by atoms with Crippen LogP contribution in [0.2, 0.25) is 0 Å². The maximum absolute atomic E-state index is 13.5. The second-order valence-corrected chi connectivity index (χ2v) is 9.49. The molecule has 0 amide bonds. The van der Waals surface area contributed by atoms with Crippen LogP contribution in [0.1, 0.15) is 40.9 Å². The third kappa shape index (κ3) is 3.19. The summed E-state index contributed by atoms with van der Waals surface area (Å²) in [6.07, 6.45) is 0. The topological polar surface area (TPSA) is 88.1 Å². The van der Waals surface area contributed by atoms with E-state index >= 15 is 0 Å². The van der Waals surface area contributed by atoms with Crippen molar-refractivity contribution in [2.75, 3.05) is 0 Å². The fraction of sp³-hybridized carbons (Fsp3) is 0.0938. The first-order chi connectivity index (χ1) is 18.9. The minimum Gasteiger partial charge on any atom is -0.456 e. The summed E-state index contributed by atoms with van der Waals surface area (Å²) < 4.78 is 23.9. The number of hydrogen-bond donors (Lipinski definition) is 0. The first-order valence-corrected chi connectivity index (χ1v) is 12.4. The summed E-state index contributed by atoms with van der Waals surface area (Å²) in [4.78, 5) is 37.2. The van der Waals surface area contributed by atoms with E-state index in [1.165, 1.54) is 13.8 Å². The molecular weight excluding hydrogens is 496 g/mol. The number of hydrogen-bond acceptors (Lipinski definition) is 7. The van der Waals surface area contributed by atoms with E-state index in [2.05, 4.69) is 0 Å². The van der Waals surface area contributed by atoms with E-state index in [4.69, 9.17) is 18.9 Å². The first kappa shape index (κ1) is 23.0. The average Bonchev–Trinajstić information content (AvgIpc) is 3.20. The molecule has 1 spiro atoms. The fourth-order valence-corrected chi connectivity index (χ4v) is 5.83. The number of rotatable bonds is 2. The molecule has 0 saturated carbocycles. The number of carbonyl (C=O) groups is 3. The Bertz CT molecular complexity index is 1800. The van der Waals surface area contributed by atoms with Gasteiger partial charge in [-0.05, 0) is 53.2 Å². The third-order valence-corrected chi connectivity index (χ3v) is 7.17. The second-order valence-electron chi connectivity index (χ2n) is 9.49. The van der Waals surface area contributed by atoms with E-state index in [-0.39, 0.29) is 0 Å². The Kier molecular flexibility index (Phi) is 4.81. The molecule has 7 heteroatoms. The van der Waals surface area contributed by atoms with Crippen LogP contribution in [0, 0.1) is 0 Å². The molecule has 0 atom stereocenters. The van der Waals surface area contributed by atoms with Crippen molar-refractivity contribution in [3.63, 3.8) is 0 Å². The van der Waals surface area contributed by atoms with Crippen molar-refractivity contribution in [3.8, 4) is 23.0 Å². The van der Waals surface area contributed by atoms with Crippen molar-refractivity contribution in [1.29, 1.82) is 0 Å². The number of esters is 3. The molecule has 0 aromatic heterocycles. The van der Waals surface area contributed by atoms with Crippen molar-refractivity contribution < 1.29 is 33.3 Å². The molecule has 2 heterocycles. The number of fused-ring (bicyclic) bond motifs is 10. The van der Waals surface area contributed by atoms with Gasteiger partial charge in [-0.1, -0.05) is 42.5 Å². The van der Waals surface area contributed by atoms with Crippen LogP contribution in [0.3, 0.4) is 0 Å². The van der Waals surface area contributed by atoms with Crippen molar-refractivity contribution in [1.82, 2.24) is 0 Å². The van der Waals surface area contributed by atoms with Gasteiger partial charge >= 0.3 is 17.9 Å². The Morgan fingerprint density at radius 1 is 0.641 bits per heavy atom. The second kappa shape index (κ2) is 8.16. The zero-order valence-electron chi connectivity index (χ0n) is 20.9. The molecule has 0 unspecified atom stereocenters. The minimum atomic E-state index is -1.39. The molecule has 0 saturated heterocycles. The summed E-state index contributed by atoms with van der Waals surface area (Å²) in [6.45, 7) is 2.69. The SMILES string of the molecule is CC(=O)Oc1cccc2c3c(ccc12)Oc1ccc2c(OC(C)=O)cccc2c1C31OC(=O)c2ccccc21. The lowest BCUT2D eigenvalue weighted by molar-refractivity contribution is -0.132. The van der Waals surface area contributed by atoms with E-state index in [0.29, 0.717) is 66.8 Å². The number of benzene rings is 5. The molecule has 2 aliphatic rings. The Hall–Kier alpha value is -5.17. The standard InChI is InChI=1S/C32H20O7/c1-17(33)36-25-11-5-8-21-19(25)13-15-27-29(21)32(24-10-4-3-7-23(24)31(35)39-32)30-22-9-6-12-26(37-18(2)34)20(22)14-16-28(30)38-27/h3-16H,1-2H3. The number of carbonyl (C=O) groups excluding carboxylic acids is 3. The molecule has 0 fully saturated rings. The van der Waals surface area contributed by atoms with E-state index < -0.39 is 23.5 Å². The maximum atomic E-state index is 13.5. The van der Waals surface area contributed by atoms with Crippen molar-refractivity contribution in [3.05, 3.63) is 107 Å². The summed E-state index contributed by atoms with van der Waals surface area (Å²) in [7, 11) is 0. The van der Waals surface area contributed by atoms with Gasteiger partial charge in [-0.3, -0.25) is 9.59 Å². The molecular formula is C32H20O7. The van der Waals surface area contributed by atoms with Crippen molar-refractivity contribution in [2.45, 2.75) is 19.4 Å². The molecule has 190 valence electrons. The lowest BCUT2D eigenvalue weighted by Crippen LogP contribution is -2.33. The number of ether oxygens (including phenoxy) is 4. The highest BCUT2D eigenvalue weighted by Gasteiger charge is 2.55. The molecule has 0 aliphatic carbocycles. The zero-order chi connectivity index (χ0) is 26.9.